The van der Waals surface area contributed by atoms with E-state index in [4.69, 9.17) is 4.99 Å². The number of ketones is 1. The van der Waals surface area contributed by atoms with Crippen LogP contribution in [0.5, 0.6) is 0 Å². The summed E-state index contributed by atoms with van der Waals surface area (Å²) in [6, 6.07) is 2.13. The van der Waals surface area contributed by atoms with E-state index in [-0.39, 0.29) is 24.1 Å². The third-order valence-corrected chi connectivity index (χ3v) is 6.11. The fourth-order valence-electron chi connectivity index (χ4n) is 4.97. The molecule has 4 N–H and O–H groups in total. The van der Waals surface area contributed by atoms with E-state index in [0.29, 0.717) is 0 Å². The number of benzene rings is 1. The van der Waals surface area contributed by atoms with Crippen molar-refractivity contribution in [2.45, 2.75) is 36.9 Å². The van der Waals surface area contributed by atoms with E-state index in [1.807, 2.05) is 12.2 Å². The molecule has 6 aliphatic rings. The minimum atomic E-state index is -0.476. The van der Waals surface area contributed by atoms with Gasteiger partial charge >= 0.3 is 0 Å². The van der Waals surface area contributed by atoms with E-state index in [9.17, 15) is 9.90 Å². The van der Waals surface area contributed by atoms with Crippen molar-refractivity contribution in [2.24, 2.45) is 4.99 Å². The zero-order valence-corrected chi connectivity index (χ0v) is 13.6. The number of aliphatic hydroxyl groups is 1. The molecule has 3 saturated heterocycles. The minimum absolute atomic E-state index is 0.0119. The number of aliphatic imine (C=N–C) groups is 1. The lowest BCUT2D eigenvalue weighted by Gasteiger charge is -2.65. The monoisotopic (exact) mass is 334 g/mol. The minimum Gasteiger partial charge on any atom is -0.392 e. The number of fused-ring (bicyclic) bond motifs is 1. The van der Waals surface area contributed by atoms with E-state index < -0.39 is 5.79 Å². The Hall–Kier alpha value is -2.12. The van der Waals surface area contributed by atoms with Gasteiger partial charge in [-0.3, -0.25) is 25.7 Å². The molecule has 1 spiro atoms. The van der Waals surface area contributed by atoms with E-state index in [2.05, 4.69) is 22.0 Å². The van der Waals surface area contributed by atoms with Crippen LogP contribution in [-0.2, 0) is 29.0 Å². The SMILES string of the molecule is O=C1C=CC2(C=C1)CC1=NCCc3cc(CO)c(C45NC(N4)N5)c2c31. The van der Waals surface area contributed by atoms with E-state index in [0.717, 1.165) is 36.2 Å². The fourth-order valence-corrected chi connectivity index (χ4v) is 4.97. The Kier molecular flexibility index (Phi) is 2.45. The van der Waals surface area contributed by atoms with Crippen molar-refractivity contribution in [1.82, 2.24) is 16.0 Å². The zero-order valence-electron chi connectivity index (χ0n) is 13.6. The second-order valence-electron chi connectivity index (χ2n) is 7.46. The summed E-state index contributed by atoms with van der Waals surface area (Å²) in [5.74, 6) is -0.455. The average molecular weight is 334 g/mol. The third-order valence-electron chi connectivity index (χ3n) is 6.11. The molecule has 7 rings (SSSR count). The van der Waals surface area contributed by atoms with Gasteiger partial charge in [0.15, 0.2) is 11.6 Å². The zero-order chi connectivity index (χ0) is 16.8. The van der Waals surface area contributed by atoms with Crippen molar-refractivity contribution >= 4 is 11.5 Å². The molecule has 6 nitrogen and oxygen atoms in total. The molecule has 2 aliphatic carbocycles. The van der Waals surface area contributed by atoms with Crippen molar-refractivity contribution in [2.75, 3.05) is 6.54 Å². The van der Waals surface area contributed by atoms with E-state index in [1.54, 1.807) is 12.2 Å². The normalized spacial score (nSPS) is 32.3. The summed E-state index contributed by atoms with van der Waals surface area (Å²) in [5.41, 5.74) is 6.41. The lowest BCUT2D eigenvalue weighted by atomic mass is 9.72. The maximum Gasteiger partial charge on any atom is 0.178 e. The van der Waals surface area contributed by atoms with Crippen molar-refractivity contribution in [3.63, 3.8) is 0 Å². The summed E-state index contributed by atoms with van der Waals surface area (Å²) < 4.78 is 0. The summed E-state index contributed by atoms with van der Waals surface area (Å²) in [6.07, 6.45) is 9.16. The van der Waals surface area contributed by atoms with Crippen molar-refractivity contribution in [3.05, 3.63) is 58.2 Å². The van der Waals surface area contributed by atoms with E-state index >= 15 is 0 Å². The van der Waals surface area contributed by atoms with Gasteiger partial charge in [-0.05, 0) is 35.3 Å². The Labute approximate surface area is 144 Å². The number of carbonyl (C=O) groups excluding carboxylic acids is 1. The highest BCUT2D eigenvalue weighted by molar-refractivity contribution is 6.11. The second-order valence-corrected chi connectivity index (χ2v) is 7.46. The lowest BCUT2D eigenvalue weighted by Crippen LogP contribution is -2.99. The molecule has 0 amide bonds. The Balaban J connectivity index is 1.69. The predicted molar refractivity (Wildman–Crippen MR) is 91.9 cm³/mol. The highest BCUT2D eigenvalue weighted by Gasteiger charge is 2.61. The molecular formula is C19H18N4O2. The molecule has 0 unspecified atom stereocenters. The number of aliphatic hydroxyl groups excluding tert-OH is 1. The molecule has 126 valence electrons. The van der Waals surface area contributed by atoms with Gasteiger partial charge in [-0.25, -0.2) is 0 Å². The molecule has 4 aliphatic heterocycles. The number of nitrogens with zero attached hydrogens (tertiary/aromatic N) is 1. The van der Waals surface area contributed by atoms with Gasteiger partial charge < -0.3 is 5.11 Å². The van der Waals surface area contributed by atoms with Crippen LogP contribution in [-0.4, -0.2) is 29.4 Å². The fraction of sp³-hybridized carbons (Fsp3) is 0.368. The summed E-state index contributed by atoms with van der Waals surface area (Å²) in [6.45, 7) is 0.776. The summed E-state index contributed by atoms with van der Waals surface area (Å²) in [4.78, 5) is 16.5. The molecular weight excluding hydrogens is 316 g/mol. The molecule has 6 heteroatoms. The number of allylic oxidation sites excluding steroid dienone is 4. The van der Waals surface area contributed by atoms with Crippen molar-refractivity contribution in [3.8, 4) is 0 Å². The van der Waals surface area contributed by atoms with Gasteiger partial charge in [0.25, 0.3) is 0 Å². The van der Waals surface area contributed by atoms with Crippen molar-refractivity contribution in [1.29, 1.82) is 0 Å². The first-order valence-electron chi connectivity index (χ1n) is 8.74. The van der Waals surface area contributed by atoms with Gasteiger partial charge in [0.05, 0.1) is 6.61 Å². The molecule has 0 aromatic heterocycles. The molecule has 1 aromatic carbocycles. The number of hydrogen-bond acceptors (Lipinski definition) is 6. The van der Waals surface area contributed by atoms with Gasteiger partial charge in [-0.1, -0.05) is 18.2 Å². The topological polar surface area (TPSA) is 85.8 Å². The van der Waals surface area contributed by atoms with Gasteiger partial charge in [0.1, 0.15) is 6.29 Å². The molecule has 0 radical (unpaired) electrons. The first-order valence-corrected chi connectivity index (χ1v) is 8.74. The third kappa shape index (κ3) is 1.58. The van der Waals surface area contributed by atoms with Crippen LogP contribution in [0.4, 0.5) is 0 Å². The van der Waals surface area contributed by atoms with Crippen LogP contribution in [0.2, 0.25) is 0 Å². The van der Waals surface area contributed by atoms with Crippen molar-refractivity contribution < 1.29 is 9.90 Å². The van der Waals surface area contributed by atoms with Gasteiger partial charge in [0, 0.05) is 35.2 Å². The van der Waals surface area contributed by atoms with Gasteiger partial charge in [0.2, 0.25) is 0 Å². The lowest BCUT2D eigenvalue weighted by molar-refractivity contribution is -0.129. The molecule has 2 bridgehead atoms. The summed E-state index contributed by atoms with van der Waals surface area (Å²) in [5, 5.41) is 20.4. The Morgan fingerprint density at radius 1 is 1.20 bits per heavy atom. The van der Waals surface area contributed by atoms with Crippen LogP contribution in [0.25, 0.3) is 0 Å². The van der Waals surface area contributed by atoms with Crippen LogP contribution >= 0.6 is 0 Å². The first-order chi connectivity index (χ1) is 12.1. The maximum absolute atomic E-state index is 11.7. The first kappa shape index (κ1) is 14.1. The Morgan fingerprint density at radius 2 is 1.96 bits per heavy atom. The smallest absolute Gasteiger partial charge is 0.178 e. The Morgan fingerprint density at radius 3 is 2.60 bits per heavy atom. The van der Waals surface area contributed by atoms with Crippen LogP contribution in [0.15, 0.2) is 35.4 Å². The molecule has 0 atom stereocenters. The van der Waals surface area contributed by atoms with Crippen LogP contribution in [0, 0.1) is 0 Å². The maximum atomic E-state index is 11.7. The second kappa shape index (κ2) is 4.34. The summed E-state index contributed by atoms with van der Waals surface area (Å²) >= 11 is 0. The van der Waals surface area contributed by atoms with Gasteiger partial charge in [-0.15, -0.1) is 0 Å². The van der Waals surface area contributed by atoms with Crippen LogP contribution in [0.1, 0.15) is 34.2 Å². The number of carbonyl (C=O) groups is 1. The number of nitrogens with one attached hydrogen (secondary N) is 3. The molecule has 0 saturated carbocycles. The van der Waals surface area contributed by atoms with Crippen LogP contribution < -0.4 is 16.0 Å². The largest absolute Gasteiger partial charge is 0.392 e. The molecule has 3 fully saturated rings. The molecule has 4 heterocycles. The molecule has 1 aromatic rings. The number of hydrogen-bond donors (Lipinski definition) is 4. The highest BCUT2D eigenvalue weighted by atomic mass is 16.3. The summed E-state index contributed by atoms with van der Waals surface area (Å²) in [7, 11) is 0. The highest BCUT2D eigenvalue weighted by Crippen LogP contribution is 2.51. The van der Waals surface area contributed by atoms with Crippen LogP contribution in [0.3, 0.4) is 0 Å². The molecule has 25 heavy (non-hydrogen) atoms. The predicted octanol–water partition coefficient (Wildman–Crippen LogP) is 0.0506. The standard InChI is InChI=1S/C19H18N4O2/c24-9-11-7-10-3-6-20-13-8-18(4-1-12(25)2-5-18)16(14(10)13)15(11)19-21-17(22-19)23-19/h1-2,4-5,7,17,21-24H,3,6,8-9H2. The average Bonchev–Trinajstić information content (AvgIpc) is 2.85. The quantitative estimate of drug-likeness (QED) is 0.614. The van der Waals surface area contributed by atoms with E-state index in [1.165, 1.54) is 16.7 Å². The van der Waals surface area contributed by atoms with Gasteiger partial charge in [-0.2, -0.15) is 0 Å². The number of rotatable bonds is 2. The Bertz CT molecular complexity index is 910.